The quantitative estimate of drug-likeness (QED) is 0.860. The Labute approximate surface area is 103 Å². The molecule has 0 aliphatic rings. The molecule has 0 unspecified atom stereocenters. The van der Waals surface area contributed by atoms with E-state index in [4.69, 9.17) is 0 Å². The molecule has 2 aromatic heterocycles. The molecule has 2 N–H and O–H groups in total. The van der Waals surface area contributed by atoms with Gasteiger partial charge in [0.1, 0.15) is 0 Å². The Bertz CT molecular complexity index is 497. The van der Waals surface area contributed by atoms with Gasteiger partial charge in [-0.3, -0.25) is 9.78 Å². The van der Waals surface area contributed by atoms with Crippen LogP contribution >= 0.6 is 11.3 Å². The number of carbonyl (C=O) groups is 1. The van der Waals surface area contributed by atoms with Crippen molar-refractivity contribution in [1.29, 1.82) is 0 Å². The van der Waals surface area contributed by atoms with Crippen LogP contribution in [0.3, 0.4) is 0 Å². The normalized spacial score (nSPS) is 9.94. The Morgan fingerprint density at radius 1 is 1.53 bits per heavy atom. The largest absolute Gasteiger partial charge is 0.365 e. The molecule has 2 aromatic rings. The van der Waals surface area contributed by atoms with Gasteiger partial charge in [0, 0.05) is 24.8 Å². The molecule has 2 rings (SSSR count). The smallest absolute Gasteiger partial charge is 0.253 e. The third kappa shape index (κ3) is 3.01. The number of anilines is 1. The van der Waals surface area contributed by atoms with Gasteiger partial charge in [-0.15, -0.1) is 11.3 Å². The SMILES string of the molecule is CNc1nc(CNC(=O)c2cccnc2)cs1. The first kappa shape index (κ1) is 11.5. The topological polar surface area (TPSA) is 66.9 Å². The second-order valence-corrected chi connectivity index (χ2v) is 4.18. The third-order valence-electron chi connectivity index (χ3n) is 2.12. The molecule has 0 spiro atoms. The lowest BCUT2D eigenvalue weighted by atomic mass is 10.2. The minimum Gasteiger partial charge on any atom is -0.365 e. The van der Waals surface area contributed by atoms with Crippen molar-refractivity contribution >= 4 is 22.4 Å². The van der Waals surface area contributed by atoms with Crippen LogP contribution in [0.25, 0.3) is 0 Å². The lowest BCUT2D eigenvalue weighted by Crippen LogP contribution is -2.22. The summed E-state index contributed by atoms with van der Waals surface area (Å²) in [4.78, 5) is 19.9. The fourth-order valence-corrected chi connectivity index (χ4v) is 1.94. The van der Waals surface area contributed by atoms with Crippen molar-refractivity contribution < 1.29 is 4.79 Å². The van der Waals surface area contributed by atoms with Crippen LogP contribution in [0.15, 0.2) is 29.9 Å². The highest BCUT2D eigenvalue weighted by Gasteiger charge is 2.06. The van der Waals surface area contributed by atoms with Crippen LogP contribution in [0.5, 0.6) is 0 Å². The van der Waals surface area contributed by atoms with E-state index in [0.29, 0.717) is 12.1 Å². The van der Waals surface area contributed by atoms with E-state index < -0.39 is 0 Å². The number of thiazole rings is 1. The fraction of sp³-hybridized carbons (Fsp3) is 0.182. The van der Waals surface area contributed by atoms with Crippen LogP contribution < -0.4 is 10.6 Å². The van der Waals surface area contributed by atoms with Crippen molar-refractivity contribution in [1.82, 2.24) is 15.3 Å². The van der Waals surface area contributed by atoms with Crippen LogP contribution in [0.1, 0.15) is 16.1 Å². The highest BCUT2D eigenvalue weighted by atomic mass is 32.1. The van der Waals surface area contributed by atoms with E-state index >= 15 is 0 Å². The molecule has 0 saturated heterocycles. The number of nitrogens with one attached hydrogen (secondary N) is 2. The number of amides is 1. The summed E-state index contributed by atoms with van der Waals surface area (Å²) >= 11 is 1.51. The van der Waals surface area contributed by atoms with Crippen LogP contribution in [0.4, 0.5) is 5.13 Å². The van der Waals surface area contributed by atoms with Gasteiger partial charge in [0.2, 0.25) is 0 Å². The molecular formula is C11H12N4OS. The summed E-state index contributed by atoms with van der Waals surface area (Å²) < 4.78 is 0. The Morgan fingerprint density at radius 3 is 3.06 bits per heavy atom. The predicted octanol–water partition coefficient (Wildman–Crippen LogP) is 1.51. The van der Waals surface area contributed by atoms with E-state index in [0.717, 1.165) is 10.8 Å². The molecule has 0 radical (unpaired) electrons. The van der Waals surface area contributed by atoms with Crippen molar-refractivity contribution in [3.63, 3.8) is 0 Å². The molecule has 17 heavy (non-hydrogen) atoms. The highest BCUT2D eigenvalue weighted by molar-refractivity contribution is 7.13. The maximum atomic E-state index is 11.7. The molecule has 6 heteroatoms. The minimum atomic E-state index is -0.142. The van der Waals surface area contributed by atoms with E-state index in [2.05, 4.69) is 20.6 Å². The summed E-state index contributed by atoms with van der Waals surface area (Å²) in [6, 6.07) is 3.46. The Balaban J connectivity index is 1.92. The average molecular weight is 248 g/mol. The van der Waals surface area contributed by atoms with Crippen molar-refractivity contribution in [2.24, 2.45) is 0 Å². The molecule has 0 fully saturated rings. The van der Waals surface area contributed by atoms with Crippen LogP contribution in [-0.2, 0) is 6.54 Å². The number of nitrogens with zero attached hydrogens (tertiary/aromatic N) is 2. The van der Waals surface area contributed by atoms with Gasteiger partial charge in [0.05, 0.1) is 17.8 Å². The lowest BCUT2D eigenvalue weighted by Gasteiger charge is -2.02. The van der Waals surface area contributed by atoms with E-state index in [1.165, 1.54) is 17.5 Å². The molecule has 0 atom stereocenters. The standard InChI is InChI=1S/C11H12N4OS/c1-12-11-15-9(7-17-11)6-14-10(16)8-3-2-4-13-5-8/h2-5,7H,6H2,1H3,(H,12,15)(H,14,16). The summed E-state index contributed by atoms with van der Waals surface area (Å²) in [5.41, 5.74) is 1.40. The molecule has 5 nitrogen and oxygen atoms in total. The highest BCUT2D eigenvalue weighted by Crippen LogP contribution is 2.14. The summed E-state index contributed by atoms with van der Waals surface area (Å²) in [6.07, 6.45) is 3.17. The zero-order valence-corrected chi connectivity index (χ0v) is 10.1. The molecule has 2 heterocycles. The lowest BCUT2D eigenvalue weighted by molar-refractivity contribution is 0.0950. The first-order chi connectivity index (χ1) is 8.29. The van der Waals surface area contributed by atoms with E-state index in [1.807, 2.05) is 12.4 Å². The van der Waals surface area contributed by atoms with Crippen molar-refractivity contribution in [2.75, 3.05) is 12.4 Å². The van der Waals surface area contributed by atoms with Gasteiger partial charge in [0.15, 0.2) is 5.13 Å². The van der Waals surface area contributed by atoms with E-state index in [1.54, 1.807) is 18.3 Å². The molecule has 0 saturated carbocycles. The maximum absolute atomic E-state index is 11.7. The second kappa shape index (κ2) is 5.40. The van der Waals surface area contributed by atoms with E-state index in [-0.39, 0.29) is 5.91 Å². The molecule has 0 aliphatic heterocycles. The Kier molecular flexibility index (Phi) is 3.66. The summed E-state index contributed by atoms with van der Waals surface area (Å²) in [5, 5.41) is 8.50. The zero-order valence-electron chi connectivity index (χ0n) is 9.30. The zero-order chi connectivity index (χ0) is 12.1. The molecule has 0 aliphatic carbocycles. The maximum Gasteiger partial charge on any atom is 0.253 e. The molecule has 0 aromatic carbocycles. The third-order valence-corrected chi connectivity index (χ3v) is 3.03. The second-order valence-electron chi connectivity index (χ2n) is 3.32. The van der Waals surface area contributed by atoms with Crippen molar-refractivity contribution in [3.8, 4) is 0 Å². The number of carbonyl (C=O) groups excluding carboxylic acids is 1. The number of hydrogen-bond donors (Lipinski definition) is 2. The van der Waals surface area contributed by atoms with E-state index in [9.17, 15) is 4.79 Å². The Hall–Kier alpha value is -1.95. The van der Waals surface area contributed by atoms with Crippen LogP contribution in [0, 0.1) is 0 Å². The summed E-state index contributed by atoms with van der Waals surface area (Å²) in [7, 11) is 1.82. The Morgan fingerprint density at radius 2 is 2.41 bits per heavy atom. The van der Waals surface area contributed by atoms with Gasteiger partial charge in [-0.1, -0.05) is 0 Å². The number of rotatable bonds is 4. The van der Waals surface area contributed by atoms with Crippen molar-refractivity contribution in [2.45, 2.75) is 6.54 Å². The van der Waals surface area contributed by atoms with Gasteiger partial charge < -0.3 is 10.6 Å². The van der Waals surface area contributed by atoms with Gasteiger partial charge in [-0.05, 0) is 12.1 Å². The number of aromatic nitrogens is 2. The molecule has 88 valence electrons. The van der Waals surface area contributed by atoms with Gasteiger partial charge in [-0.25, -0.2) is 4.98 Å². The first-order valence-electron chi connectivity index (χ1n) is 5.10. The van der Waals surface area contributed by atoms with Crippen LogP contribution in [-0.4, -0.2) is 22.9 Å². The predicted molar refractivity (Wildman–Crippen MR) is 67.1 cm³/mol. The van der Waals surface area contributed by atoms with Gasteiger partial charge in [0.25, 0.3) is 5.91 Å². The average Bonchev–Trinajstić information content (AvgIpc) is 2.85. The van der Waals surface area contributed by atoms with Gasteiger partial charge in [-0.2, -0.15) is 0 Å². The molecule has 0 bridgehead atoms. The first-order valence-corrected chi connectivity index (χ1v) is 5.98. The number of hydrogen-bond acceptors (Lipinski definition) is 5. The fourth-order valence-electron chi connectivity index (χ4n) is 1.27. The van der Waals surface area contributed by atoms with Gasteiger partial charge >= 0.3 is 0 Å². The molecule has 1 amide bonds. The van der Waals surface area contributed by atoms with Crippen LogP contribution in [0.2, 0.25) is 0 Å². The minimum absolute atomic E-state index is 0.142. The summed E-state index contributed by atoms with van der Waals surface area (Å²) in [6.45, 7) is 0.423. The monoisotopic (exact) mass is 248 g/mol. The van der Waals surface area contributed by atoms with Crippen molar-refractivity contribution in [3.05, 3.63) is 41.2 Å². The molecular weight excluding hydrogens is 236 g/mol. The number of pyridine rings is 1. The summed E-state index contributed by atoms with van der Waals surface area (Å²) in [5.74, 6) is -0.142.